The molecule has 2 aromatic carbocycles. The molecule has 0 saturated heterocycles. The van der Waals surface area contributed by atoms with E-state index in [9.17, 15) is 13.2 Å². The van der Waals surface area contributed by atoms with E-state index in [4.69, 9.17) is 10.3 Å². The number of hydrogen-bond donors (Lipinski definition) is 2. The summed E-state index contributed by atoms with van der Waals surface area (Å²) in [5, 5.41) is 19.7. The second-order valence-electron chi connectivity index (χ2n) is 6.58. The first-order valence-corrected chi connectivity index (χ1v) is 10.5. The number of nitrogens with two attached hydrogens (primary N) is 1. The first-order chi connectivity index (χ1) is 13.8. The molecule has 3 aromatic rings. The van der Waals surface area contributed by atoms with Crippen molar-refractivity contribution in [1.29, 1.82) is 0 Å². The zero-order valence-electron chi connectivity index (χ0n) is 15.9. The van der Waals surface area contributed by atoms with Gasteiger partial charge in [0.1, 0.15) is 4.90 Å². The number of carbonyl (C=O) groups excluding carboxylic acids is 1. The van der Waals surface area contributed by atoms with Crippen LogP contribution in [-0.2, 0) is 21.2 Å². The minimum Gasteiger partial charge on any atom is -0.286 e. The molecule has 0 spiro atoms. The monoisotopic (exact) mass is 414 g/mol. The molecule has 0 saturated carbocycles. The molecule has 1 aromatic heterocycles. The smallest absolute Gasteiger partial charge is 0.245 e. The van der Waals surface area contributed by atoms with Crippen LogP contribution in [0.2, 0.25) is 0 Å². The topological polar surface area (TPSA) is 119 Å². The van der Waals surface area contributed by atoms with E-state index < -0.39 is 10.0 Å². The lowest BCUT2D eigenvalue weighted by Gasteiger charge is -2.11. The Bertz CT molecular complexity index is 1110. The van der Waals surface area contributed by atoms with Gasteiger partial charge in [0.2, 0.25) is 15.9 Å². The summed E-state index contributed by atoms with van der Waals surface area (Å²) in [7, 11) is -2.66. The van der Waals surface area contributed by atoms with E-state index in [1.54, 1.807) is 22.9 Å². The Labute approximate surface area is 169 Å². The minimum absolute atomic E-state index is 0.0242. The van der Waals surface area contributed by atoms with Gasteiger partial charge in [-0.3, -0.25) is 10.0 Å². The zero-order chi connectivity index (χ0) is 21.0. The average molecular weight is 414 g/mol. The number of benzene rings is 2. The summed E-state index contributed by atoms with van der Waals surface area (Å²) in [4.78, 5) is 11.5. The van der Waals surface area contributed by atoms with E-state index in [2.05, 4.69) is 5.10 Å². The Morgan fingerprint density at radius 1 is 1.14 bits per heavy atom. The predicted molar refractivity (Wildman–Crippen MR) is 108 cm³/mol. The summed E-state index contributed by atoms with van der Waals surface area (Å²) < 4.78 is 25.7. The maximum absolute atomic E-state index is 12.1. The number of primary sulfonamides is 1. The number of amides is 1. The molecule has 152 valence electrons. The van der Waals surface area contributed by atoms with Gasteiger partial charge < -0.3 is 0 Å². The summed E-state index contributed by atoms with van der Waals surface area (Å²) in [6.07, 6.45) is 1.16. The van der Waals surface area contributed by atoms with Gasteiger partial charge in [-0.05, 0) is 31.0 Å². The SMILES string of the molecule is CN(O)C(=O)CCCc1cc(-c2ccccc2)n(-c2ccccc2S(N)(=O)=O)n1. The van der Waals surface area contributed by atoms with Crippen LogP contribution in [0, 0.1) is 0 Å². The first-order valence-electron chi connectivity index (χ1n) is 8.99. The van der Waals surface area contributed by atoms with E-state index in [-0.39, 0.29) is 17.2 Å². The lowest BCUT2D eigenvalue weighted by Crippen LogP contribution is -2.22. The van der Waals surface area contributed by atoms with Crippen LogP contribution < -0.4 is 5.14 Å². The van der Waals surface area contributed by atoms with E-state index in [1.165, 1.54) is 13.1 Å². The quantitative estimate of drug-likeness (QED) is 0.454. The molecular formula is C20H22N4O4S. The van der Waals surface area contributed by atoms with Gasteiger partial charge in [0, 0.05) is 19.0 Å². The van der Waals surface area contributed by atoms with Crippen molar-refractivity contribution >= 4 is 15.9 Å². The fourth-order valence-corrected chi connectivity index (χ4v) is 3.72. The Balaban J connectivity index is 2.03. The molecule has 0 fully saturated rings. The Kier molecular flexibility index (Phi) is 6.12. The largest absolute Gasteiger partial charge is 0.286 e. The highest BCUT2D eigenvalue weighted by molar-refractivity contribution is 7.89. The third-order valence-electron chi connectivity index (χ3n) is 4.41. The molecule has 0 aliphatic heterocycles. The zero-order valence-corrected chi connectivity index (χ0v) is 16.7. The molecule has 9 heteroatoms. The van der Waals surface area contributed by atoms with Crippen molar-refractivity contribution in [3.05, 3.63) is 66.4 Å². The molecule has 0 radical (unpaired) electrons. The van der Waals surface area contributed by atoms with Gasteiger partial charge in [-0.25, -0.2) is 23.3 Å². The minimum atomic E-state index is -3.95. The van der Waals surface area contributed by atoms with Crippen LogP contribution in [0.1, 0.15) is 18.5 Å². The molecule has 0 atom stereocenters. The Morgan fingerprint density at radius 3 is 2.45 bits per heavy atom. The molecule has 0 aliphatic rings. The third kappa shape index (κ3) is 4.89. The number of aromatic nitrogens is 2. The molecule has 1 heterocycles. The molecular weight excluding hydrogens is 392 g/mol. The van der Waals surface area contributed by atoms with Crippen molar-refractivity contribution in [2.75, 3.05) is 7.05 Å². The fraction of sp³-hybridized carbons (Fsp3) is 0.200. The Hall–Kier alpha value is -3.01. The second-order valence-corrected chi connectivity index (χ2v) is 8.11. The number of para-hydroxylation sites is 1. The van der Waals surface area contributed by atoms with Crippen LogP contribution in [0.25, 0.3) is 16.9 Å². The highest BCUT2D eigenvalue weighted by atomic mass is 32.2. The van der Waals surface area contributed by atoms with Crippen molar-refractivity contribution in [3.8, 4) is 16.9 Å². The molecule has 8 nitrogen and oxygen atoms in total. The number of hydroxylamine groups is 2. The summed E-state index contributed by atoms with van der Waals surface area (Å²) in [6.45, 7) is 0. The highest BCUT2D eigenvalue weighted by Crippen LogP contribution is 2.27. The molecule has 3 rings (SSSR count). The number of aryl methyl sites for hydroxylation is 1. The van der Waals surface area contributed by atoms with Gasteiger partial charge in [0.25, 0.3) is 0 Å². The van der Waals surface area contributed by atoms with Gasteiger partial charge in [-0.1, -0.05) is 42.5 Å². The summed E-state index contributed by atoms with van der Waals surface area (Å²) >= 11 is 0. The van der Waals surface area contributed by atoms with Crippen LogP contribution >= 0.6 is 0 Å². The molecule has 29 heavy (non-hydrogen) atoms. The van der Waals surface area contributed by atoms with Gasteiger partial charge in [0.15, 0.2) is 0 Å². The number of sulfonamides is 1. The van der Waals surface area contributed by atoms with E-state index in [0.29, 0.717) is 35.0 Å². The number of nitrogens with zero attached hydrogens (tertiary/aromatic N) is 3. The maximum Gasteiger partial charge on any atom is 0.245 e. The van der Waals surface area contributed by atoms with E-state index in [0.717, 1.165) is 5.56 Å². The summed E-state index contributed by atoms with van der Waals surface area (Å²) in [5.41, 5.74) is 2.62. The number of carbonyl (C=O) groups is 1. The average Bonchev–Trinajstić information content (AvgIpc) is 3.12. The summed E-state index contributed by atoms with van der Waals surface area (Å²) in [5.74, 6) is -0.382. The van der Waals surface area contributed by atoms with Gasteiger partial charge in [0.05, 0.1) is 17.1 Å². The molecule has 0 bridgehead atoms. The van der Waals surface area contributed by atoms with Crippen LogP contribution in [-0.4, -0.2) is 41.4 Å². The van der Waals surface area contributed by atoms with Crippen molar-refractivity contribution in [2.45, 2.75) is 24.2 Å². The van der Waals surface area contributed by atoms with Crippen LogP contribution in [0.5, 0.6) is 0 Å². The van der Waals surface area contributed by atoms with Crippen molar-refractivity contribution in [2.24, 2.45) is 5.14 Å². The van der Waals surface area contributed by atoms with Crippen LogP contribution in [0.15, 0.2) is 65.6 Å². The molecule has 1 amide bonds. The normalized spacial score (nSPS) is 11.4. The molecule has 0 aliphatic carbocycles. The highest BCUT2D eigenvalue weighted by Gasteiger charge is 2.19. The molecule has 3 N–H and O–H groups in total. The van der Waals surface area contributed by atoms with E-state index in [1.807, 2.05) is 36.4 Å². The van der Waals surface area contributed by atoms with E-state index >= 15 is 0 Å². The van der Waals surface area contributed by atoms with Crippen LogP contribution in [0.4, 0.5) is 0 Å². The van der Waals surface area contributed by atoms with Gasteiger partial charge >= 0.3 is 0 Å². The molecule has 0 unspecified atom stereocenters. The summed E-state index contributed by atoms with van der Waals surface area (Å²) in [6, 6.07) is 17.7. The van der Waals surface area contributed by atoms with Crippen molar-refractivity contribution in [3.63, 3.8) is 0 Å². The number of hydrogen-bond acceptors (Lipinski definition) is 5. The number of rotatable bonds is 7. The first kappa shape index (κ1) is 20.7. The maximum atomic E-state index is 12.1. The Morgan fingerprint density at radius 2 is 1.79 bits per heavy atom. The second kappa shape index (κ2) is 8.56. The van der Waals surface area contributed by atoms with Crippen LogP contribution in [0.3, 0.4) is 0 Å². The van der Waals surface area contributed by atoms with Gasteiger partial charge in [-0.2, -0.15) is 5.10 Å². The van der Waals surface area contributed by atoms with Crippen molar-refractivity contribution in [1.82, 2.24) is 14.8 Å². The standard InChI is InChI=1S/C20H22N4O4S/c1-23(26)20(25)13-7-10-16-14-18(15-8-3-2-4-9-15)24(22-16)17-11-5-6-12-19(17)29(21,27)28/h2-6,8-9,11-12,14,26H,7,10,13H2,1H3,(H2,21,27,28). The van der Waals surface area contributed by atoms with Crippen molar-refractivity contribution < 1.29 is 18.4 Å². The van der Waals surface area contributed by atoms with Gasteiger partial charge in [-0.15, -0.1) is 0 Å². The lowest BCUT2D eigenvalue weighted by molar-refractivity contribution is -0.159. The fourth-order valence-electron chi connectivity index (χ4n) is 3.01. The third-order valence-corrected chi connectivity index (χ3v) is 5.37. The lowest BCUT2D eigenvalue weighted by atomic mass is 10.1. The predicted octanol–water partition coefficient (Wildman–Crippen LogP) is 2.36.